The fraction of sp³-hybridized carbons (Fsp3) is 0.902. The summed E-state index contributed by atoms with van der Waals surface area (Å²) in [6.07, 6.45) is 27.4. The summed E-state index contributed by atoms with van der Waals surface area (Å²) in [5, 5.41) is 2.80. The third kappa shape index (κ3) is 31.8. The van der Waals surface area contributed by atoms with E-state index in [2.05, 4.69) is 19.2 Å². The lowest BCUT2D eigenvalue weighted by atomic mass is 10.1. The maximum Gasteiger partial charge on any atom is 0.306 e. The van der Waals surface area contributed by atoms with Crippen LogP contribution in [0.25, 0.3) is 0 Å². The number of unbranched alkanes of at least 4 members (excludes halogenated alkanes) is 20. The van der Waals surface area contributed by atoms with Crippen LogP contribution >= 0.6 is 0 Å². The number of hydrogen-bond acceptors (Lipinski definition) is 7. The Hall–Kier alpha value is -2.16. The van der Waals surface area contributed by atoms with Gasteiger partial charge in [-0.3, -0.25) is 19.2 Å². The van der Waals surface area contributed by atoms with E-state index in [1.54, 1.807) is 18.7 Å². The first-order chi connectivity index (χ1) is 24.4. The van der Waals surface area contributed by atoms with Gasteiger partial charge in [-0.15, -0.1) is 0 Å². The first-order valence-electron chi connectivity index (χ1n) is 20.8. The molecule has 2 amide bonds. The van der Waals surface area contributed by atoms with Crippen molar-refractivity contribution in [2.45, 2.75) is 201 Å². The van der Waals surface area contributed by atoms with Crippen LogP contribution in [-0.2, 0) is 33.4 Å². The molecule has 0 aromatic carbocycles. The molecule has 0 aliphatic heterocycles. The van der Waals surface area contributed by atoms with Crippen LogP contribution in [0.5, 0.6) is 0 Å². The highest BCUT2D eigenvalue weighted by Crippen LogP contribution is 2.14. The summed E-state index contributed by atoms with van der Waals surface area (Å²) in [6.45, 7) is 9.49. The van der Waals surface area contributed by atoms with Crippen LogP contribution in [0.4, 0.5) is 0 Å². The van der Waals surface area contributed by atoms with Crippen LogP contribution < -0.4 is 5.32 Å². The molecule has 9 heteroatoms. The lowest BCUT2D eigenvalue weighted by Crippen LogP contribution is -2.40. The molecule has 1 N–H and O–H groups in total. The molecule has 0 saturated carbocycles. The smallest absolute Gasteiger partial charge is 0.306 e. The standard InChI is InChI=1S/C41H78N2O7/c1-5-9-11-13-15-17-19-21-23-25-27-29-40(46)49-36-37(35-48-34-33-43(39(45)8-4)32-31-42-38(44)7-3)50-41(47)30-28-26-24-22-20-18-16-14-12-10-6-2/h37H,5-36H2,1-4H3,(H,42,44). The lowest BCUT2D eigenvalue weighted by molar-refractivity contribution is -0.163. The van der Waals surface area contributed by atoms with E-state index in [0.29, 0.717) is 45.3 Å². The molecular formula is C41H78N2O7. The van der Waals surface area contributed by atoms with Crippen molar-refractivity contribution in [2.75, 3.05) is 39.5 Å². The number of esters is 2. The minimum Gasteiger partial charge on any atom is -0.462 e. The topological polar surface area (TPSA) is 111 Å². The van der Waals surface area contributed by atoms with Gasteiger partial charge in [-0.05, 0) is 12.8 Å². The SMILES string of the molecule is CCCCCCCCCCCCCC(=O)OCC(COCCN(CCNC(=O)CC)C(=O)CC)OC(=O)CCCCCCCCCCCCC. The Morgan fingerprint density at radius 1 is 0.540 bits per heavy atom. The van der Waals surface area contributed by atoms with Crippen LogP contribution in [0, 0.1) is 0 Å². The Morgan fingerprint density at radius 2 is 1.00 bits per heavy atom. The van der Waals surface area contributed by atoms with Crippen LogP contribution in [0.3, 0.4) is 0 Å². The fourth-order valence-corrected chi connectivity index (χ4v) is 5.92. The van der Waals surface area contributed by atoms with E-state index in [4.69, 9.17) is 14.2 Å². The number of nitrogens with one attached hydrogen (secondary N) is 1. The molecule has 294 valence electrons. The number of ether oxygens (including phenoxy) is 3. The average Bonchev–Trinajstić information content (AvgIpc) is 3.12. The average molecular weight is 711 g/mol. The molecule has 0 aliphatic carbocycles. The zero-order chi connectivity index (χ0) is 36.9. The van der Waals surface area contributed by atoms with Crippen molar-refractivity contribution in [2.24, 2.45) is 0 Å². The lowest BCUT2D eigenvalue weighted by Gasteiger charge is -2.23. The van der Waals surface area contributed by atoms with Gasteiger partial charge in [-0.2, -0.15) is 0 Å². The van der Waals surface area contributed by atoms with Gasteiger partial charge >= 0.3 is 11.9 Å². The highest BCUT2D eigenvalue weighted by molar-refractivity contribution is 5.77. The Morgan fingerprint density at radius 3 is 1.46 bits per heavy atom. The van der Waals surface area contributed by atoms with E-state index in [-0.39, 0.29) is 43.6 Å². The summed E-state index contributed by atoms with van der Waals surface area (Å²) in [4.78, 5) is 50.8. The molecular weight excluding hydrogens is 632 g/mol. The molecule has 0 aromatic heterocycles. The molecule has 0 rings (SSSR count). The summed E-state index contributed by atoms with van der Waals surface area (Å²) in [5.41, 5.74) is 0. The zero-order valence-corrected chi connectivity index (χ0v) is 33.0. The van der Waals surface area contributed by atoms with Gasteiger partial charge in [0.15, 0.2) is 6.10 Å². The molecule has 0 heterocycles. The van der Waals surface area contributed by atoms with Crippen molar-refractivity contribution in [3.63, 3.8) is 0 Å². The van der Waals surface area contributed by atoms with Gasteiger partial charge in [0.2, 0.25) is 11.8 Å². The summed E-state index contributed by atoms with van der Waals surface area (Å²) in [6, 6.07) is 0. The molecule has 0 saturated heterocycles. The Bertz CT molecular complexity index is 823. The third-order valence-electron chi connectivity index (χ3n) is 9.19. The molecule has 1 atom stereocenters. The molecule has 1 unspecified atom stereocenters. The molecule has 0 fully saturated rings. The van der Waals surface area contributed by atoms with Crippen molar-refractivity contribution in [1.29, 1.82) is 0 Å². The Kier molecular flexibility index (Phi) is 35.0. The number of carbonyl (C=O) groups excluding carboxylic acids is 4. The largest absolute Gasteiger partial charge is 0.462 e. The van der Waals surface area contributed by atoms with Gasteiger partial charge < -0.3 is 24.4 Å². The van der Waals surface area contributed by atoms with Crippen LogP contribution in [0.15, 0.2) is 0 Å². The van der Waals surface area contributed by atoms with Gasteiger partial charge in [-0.1, -0.05) is 156 Å². The number of nitrogens with zero attached hydrogens (tertiary/aromatic N) is 1. The third-order valence-corrected chi connectivity index (χ3v) is 9.19. The minimum atomic E-state index is -0.698. The van der Waals surface area contributed by atoms with E-state index in [1.165, 1.54) is 103 Å². The van der Waals surface area contributed by atoms with Crippen LogP contribution in [0.1, 0.15) is 195 Å². The summed E-state index contributed by atoms with van der Waals surface area (Å²) in [7, 11) is 0. The number of hydrogen-bond donors (Lipinski definition) is 1. The minimum absolute atomic E-state index is 0.0226. The molecule has 0 spiro atoms. The first-order valence-corrected chi connectivity index (χ1v) is 20.8. The second kappa shape index (κ2) is 36.6. The van der Waals surface area contributed by atoms with E-state index in [9.17, 15) is 19.2 Å². The summed E-state index contributed by atoms with van der Waals surface area (Å²) < 4.78 is 17.1. The van der Waals surface area contributed by atoms with Crippen molar-refractivity contribution in [1.82, 2.24) is 10.2 Å². The van der Waals surface area contributed by atoms with E-state index >= 15 is 0 Å². The quantitative estimate of drug-likeness (QED) is 0.0505. The van der Waals surface area contributed by atoms with Gasteiger partial charge in [0.25, 0.3) is 0 Å². The van der Waals surface area contributed by atoms with Gasteiger partial charge in [-0.25, -0.2) is 0 Å². The Balaban J connectivity index is 4.57. The van der Waals surface area contributed by atoms with E-state index in [0.717, 1.165) is 38.5 Å². The second-order valence-electron chi connectivity index (χ2n) is 13.9. The maximum atomic E-state index is 12.7. The monoisotopic (exact) mass is 711 g/mol. The molecule has 0 bridgehead atoms. The second-order valence-corrected chi connectivity index (χ2v) is 13.9. The number of rotatable bonds is 37. The highest BCUT2D eigenvalue weighted by atomic mass is 16.6. The summed E-state index contributed by atoms with van der Waals surface area (Å²) >= 11 is 0. The molecule has 0 aliphatic rings. The number of amides is 2. The van der Waals surface area contributed by atoms with Gasteiger partial charge in [0.05, 0.1) is 13.2 Å². The fourth-order valence-electron chi connectivity index (χ4n) is 5.92. The van der Waals surface area contributed by atoms with E-state index in [1.807, 2.05) is 0 Å². The maximum absolute atomic E-state index is 12.7. The highest BCUT2D eigenvalue weighted by Gasteiger charge is 2.19. The van der Waals surface area contributed by atoms with Crippen molar-refractivity contribution < 1.29 is 33.4 Å². The van der Waals surface area contributed by atoms with Crippen LogP contribution in [0.2, 0.25) is 0 Å². The Labute approximate surface area is 307 Å². The van der Waals surface area contributed by atoms with Crippen molar-refractivity contribution in [3.8, 4) is 0 Å². The predicted octanol–water partition coefficient (Wildman–Crippen LogP) is 9.62. The zero-order valence-electron chi connectivity index (χ0n) is 33.0. The van der Waals surface area contributed by atoms with Crippen molar-refractivity contribution in [3.05, 3.63) is 0 Å². The number of carbonyl (C=O) groups is 4. The molecule has 9 nitrogen and oxygen atoms in total. The molecule has 0 radical (unpaired) electrons. The van der Waals surface area contributed by atoms with Gasteiger partial charge in [0.1, 0.15) is 6.61 Å². The summed E-state index contributed by atoms with van der Waals surface area (Å²) in [5.74, 6) is -0.654. The predicted molar refractivity (Wildman–Crippen MR) is 204 cm³/mol. The first kappa shape index (κ1) is 47.8. The van der Waals surface area contributed by atoms with Gasteiger partial charge in [0, 0.05) is 45.3 Å². The molecule has 50 heavy (non-hydrogen) atoms. The normalized spacial score (nSPS) is 11.7. The molecule has 0 aromatic rings. The van der Waals surface area contributed by atoms with Crippen molar-refractivity contribution >= 4 is 23.8 Å². The van der Waals surface area contributed by atoms with E-state index < -0.39 is 6.10 Å². The van der Waals surface area contributed by atoms with Crippen LogP contribution in [-0.4, -0.2) is 74.2 Å².